The Morgan fingerprint density at radius 1 is 1.06 bits per heavy atom. The topological polar surface area (TPSA) is 53.1 Å². The number of piperidine rings is 2. The van der Waals surface area contributed by atoms with Gasteiger partial charge in [0.05, 0.1) is 6.61 Å². The summed E-state index contributed by atoms with van der Waals surface area (Å²) in [5, 5.41) is 0. The number of hydrogen-bond acceptors (Lipinski definition) is 4. The van der Waals surface area contributed by atoms with Gasteiger partial charge in [-0.15, -0.1) is 0 Å². The van der Waals surface area contributed by atoms with E-state index in [-0.39, 0.29) is 41.2 Å². The van der Waals surface area contributed by atoms with E-state index in [1.807, 2.05) is 22.8 Å². The molecule has 1 saturated carbocycles. The Morgan fingerprint density at radius 2 is 1.77 bits per heavy atom. The number of benzene rings is 1. The Kier molecular flexibility index (Phi) is 6.02. The van der Waals surface area contributed by atoms with Crippen molar-refractivity contribution in [2.24, 2.45) is 5.92 Å². The van der Waals surface area contributed by atoms with Crippen LogP contribution >= 0.6 is 0 Å². The minimum atomic E-state index is -0.206. The summed E-state index contributed by atoms with van der Waals surface area (Å²) in [5.74, 6) is 0.178. The standard InChI is InChI=1S/C28H38FN3O3/c1-2-14-35-27(34)32-21-7-8-22(32)17-23(16-21)30-12-10-28(11-13-30)18-31(26(33)19-4-3-5-19)25-9-6-20(29)15-24(25)28/h6,9,15,19,21-23H,2-5,7-8,10-14,16-18H2,1H3. The van der Waals surface area contributed by atoms with Crippen LogP contribution in [0.2, 0.25) is 0 Å². The zero-order valence-electron chi connectivity index (χ0n) is 20.9. The molecule has 190 valence electrons. The lowest BCUT2D eigenvalue weighted by Gasteiger charge is -2.47. The van der Waals surface area contributed by atoms with Crippen molar-refractivity contribution in [2.75, 3.05) is 31.1 Å². The molecule has 6 rings (SSSR count). The van der Waals surface area contributed by atoms with Crippen molar-refractivity contribution >= 4 is 17.7 Å². The van der Waals surface area contributed by atoms with E-state index in [0.717, 1.165) is 88.5 Å². The number of nitrogens with zero attached hydrogens (tertiary/aromatic N) is 3. The molecule has 3 saturated heterocycles. The minimum Gasteiger partial charge on any atom is -0.449 e. The van der Waals surface area contributed by atoms with Gasteiger partial charge in [0.25, 0.3) is 0 Å². The van der Waals surface area contributed by atoms with Crippen LogP contribution in [0.5, 0.6) is 0 Å². The minimum absolute atomic E-state index is 0.129. The third-order valence-corrected chi connectivity index (χ3v) is 9.62. The van der Waals surface area contributed by atoms with Crippen LogP contribution < -0.4 is 4.90 Å². The number of rotatable bonds is 4. The Labute approximate surface area is 207 Å². The van der Waals surface area contributed by atoms with Crippen LogP contribution in [0.15, 0.2) is 18.2 Å². The van der Waals surface area contributed by atoms with Crippen molar-refractivity contribution < 1.29 is 18.7 Å². The molecule has 5 aliphatic rings. The van der Waals surface area contributed by atoms with Gasteiger partial charge in [-0.3, -0.25) is 4.79 Å². The van der Waals surface area contributed by atoms with Gasteiger partial charge in [0.2, 0.25) is 5.91 Å². The second-order valence-corrected chi connectivity index (χ2v) is 11.6. The van der Waals surface area contributed by atoms with Crippen LogP contribution in [-0.4, -0.2) is 66.2 Å². The van der Waals surface area contributed by atoms with Gasteiger partial charge in [-0.1, -0.05) is 13.3 Å². The van der Waals surface area contributed by atoms with E-state index < -0.39 is 0 Å². The Bertz CT molecular complexity index is 974. The lowest BCUT2D eigenvalue weighted by Crippen LogP contribution is -2.55. The Hall–Kier alpha value is -2.15. The van der Waals surface area contributed by atoms with E-state index in [4.69, 9.17) is 4.74 Å². The molecule has 2 amide bonds. The molecule has 0 radical (unpaired) electrons. The van der Waals surface area contributed by atoms with Gasteiger partial charge in [-0.25, -0.2) is 9.18 Å². The fourth-order valence-corrected chi connectivity index (χ4v) is 7.47. The highest BCUT2D eigenvalue weighted by Crippen LogP contribution is 2.49. The maximum absolute atomic E-state index is 14.3. The van der Waals surface area contributed by atoms with Crippen molar-refractivity contribution in [3.63, 3.8) is 0 Å². The Balaban J connectivity index is 1.14. The van der Waals surface area contributed by atoms with Crippen molar-refractivity contribution in [2.45, 2.75) is 94.7 Å². The first kappa shape index (κ1) is 23.3. The molecule has 1 spiro atoms. The van der Waals surface area contributed by atoms with E-state index >= 15 is 0 Å². The fraction of sp³-hybridized carbons (Fsp3) is 0.714. The molecule has 4 fully saturated rings. The number of fused-ring (bicyclic) bond motifs is 4. The average molecular weight is 484 g/mol. The zero-order valence-corrected chi connectivity index (χ0v) is 20.9. The van der Waals surface area contributed by atoms with Crippen LogP contribution in [0, 0.1) is 11.7 Å². The molecule has 7 heteroatoms. The molecule has 4 aliphatic heterocycles. The molecule has 0 N–H and O–H groups in total. The van der Waals surface area contributed by atoms with Crippen LogP contribution in [-0.2, 0) is 14.9 Å². The lowest BCUT2D eigenvalue weighted by atomic mass is 9.73. The number of carbonyl (C=O) groups is 2. The van der Waals surface area contributed by atoms with Crippen LogP contribution in [0.25, 0.3) is 0 Å². The molecular formula is C28H38FN3O3. The summed E-state index contributed by atoms with van der Waals surface area (Å²) >= 11 is 0. The fourth-order valence-electron chi connectivity index (χ4n) is 7.47. The quantitative estimate of drug-likeness (QED) is 0.615. The lowest BCUT2D eigenvalue weighted by molar-refractivity contribution is -0.124. The molecule has 2 unspecified atom stereocenters. The number of anilines is 1. The molecule has 2 bridgehead atoms. The molecule has 6 nitrogen and oxygen atoms in total. The number of hydrogen-bond donors (Lipinski definition) is 0. The number of amides is 2. The van der Waals surface area contributed by atoms with Gasteiger partial charge in [0.1, 0.15) is 5.82 Å². The first-order chi connectivity index (χ1) is 17.0. The highest BCUT2D eigenvalue weighted by Gasteiger charge is 2.50. The van der Waals surface area contributed by atoms with Crippen molar-refractivity contribution in [1.29, 1.82) is 0 Å². The monoisotopic (exact) mass is 483 g/mol. The largest absolute Gasteiger partial charge is 0.449 e. The van der Waals surface area contributed by atoms with Crippen molar-refractivity contribution in [3.8, 4) is 0 Å². The SMILES string of the molecule is CCCOC(=O)N1C2CCC1CC(N1CCC3(CC1)CN(C(=O)C1CCC1)c1ccc(F)cc13)C2. The molecule has 4 heterocycles. The van der Waals surface area contributed by atoms with Crippen LogP contribution in [0.4, 0.5) is 14.9 Å². The summed E-state index contributed by atoms with van der Waals surface area (Å²) in [4.78, 5) is 32.4. The summed E-state index contributed by atoms with van der Waals surface area (Å²) in [7, 11) is 0. The van der Waals surface area contributed by atoms with E-state index in [9.17, 15) is 14.0 Å². The van der Waals surface area contributed by atoms with Gasteiger partial charge in [0, 0.05) is 41.7 Å². The van der Waals surface area contributed by atoms with E-state index in [2.05, 4.69) is 4.90 Å². The first-order valence-corrected chi connectivity index (χ1v) is 13.8. The highest BCUT2D eigenvalue weighted by atomic mass is 19.1. The molecule has 2 atom stereocenters. The first-order valence-electron chi connectivity index (χ1n) is 13.8. The average Bonchev–Trinajstić information content (AvgIpc) is 3.27. The van der Waals surface area contributed by atoms with Gasteiger partial charge < -0.3 is 19.4 Å². The van der Waals surface area contributed by atoms with Gasteiger partial charge in [-0.2, -0.15) is 0 Å². The molecule has 1 aliphatic carbocycles. The smallest absolute Gasteiger partial charge is 0.410 e. The third-order valence-electron chi connectivity index (χ3n) is 9.62. The van der Waals surface area contributed by atoms with Crippen molar-refractivity contribution in [3.05, 3.63) is 29.6 Å². The summed E-state index contributed by atoms with van der Waals surface area (Å²) < 4.78 is 19.8. The number of halogens is 1. The maximum atomic E-state index is 14.3. The molecule has 1 aromatic carbocycles. The summed E-state index contributed by atoms with van der Waals surface area (Å²) in [6.07, 6.45) is 9.91. The number of carbonyl (C=O) groups excluding carboxylic acids is 2. The number of likely N-dealkylation sites (tertiary alicyclic amines) is 1. The second kappa shape index (κ2) is 9.06. The molecular weight excluding hydrogens is 445 g/mol. The predicted octanol–water partition coefficient (Wildman–Crippen LogP) is 4.85. The van der Waals surface area contributed by atoms with Gasteiger partial charge in [0.15, 0.2) is 0 Å². The predicted molar refractivity (Wildman–Crippen MR) is 132 cm³/mol. The van der Waals surface area contributed by atoms with Crippen LogP contribution in [0.3, 0.4) is 0 Å². The summed E-state index contributed by atoms with van der Waals surface area (Å²) in [5.41, 5.74) is 1.84. The normalized spacial score (nSPS) is 29.8. The summed E-state index contributed by atoms with van der Waals surface area (Å²) in [6, 6.07) is 6.09. The second-order valence-electron chi connectivity index (χ2n) is 11.6. The van der Waals surface area contributed by atoms with Gasteiger partial charge >= 0.3 is 6.09 Å². The molecule has 1 aromatic rings. The van der Waals surface area contributed by atoms with Crippen molar-refractivity contribution in [1.82, 2.24) is 9.80 Å². The molecule has 35 heavy (non-hydrogen) atoms. The Morgan fingerprint density at radius 3 is 2.40 bits per heavy atom. The van der Waals surface area contributed by atoms with E-state index in [0.29, 0.717) is 19.2 Å². The molecule has 0 aromatic heterocycles. The third kappa shape index (κ3) is 3.94. The number of ether oxygens (including phenoxy) is 1. The maximum Gasteiger partial charge on any atom is 0.410 e. The van der Waals surface area contributed by atoms with E-state index in [1.54, 1.807) is 6.07 Å². The zero-order chi connectivity index (χ0) is 24.2. The van der Waals surface area contributed by atoms with Gasteiger partial charge in [-0.05, 0) is 94.6 Å². The summed E-state index contributed by atoms with van der Waals surface area (Å²) in [6.45, 7) is 5.14. The highest BCUT2D eigenvalue weighted by molar-refractivity contribution is 5.98. The van der Waals surface area contributed by atoms with E-state index in [1.165, 1.54) is 6.07 Å². The van der Waals surface area contributed by atoms with Crippen LogP contribution in [0.1, 0.15) is 76.7 Å².